The van der Waals surface area contributed by atoms with Crippen LogP contribution in [0.3, 0.4) is 0 Å². The van der Waals surface area contributed by atoms with E-state index in [0.29, 0.717) is 37.9 Å². The van der Waals surface area contributed by atoms with Crippen molar-refractivity contribution < 1.29 is 14.3 Å². The summed E-state index contributed by atoms with van der Waals surface area (Å²) in [5.74, 6) is 1.11. The van der Waals surface area contributed by atoms with Gasteiger partial charge in [0.05, 0.1) is 6.54 Å². The first-order chi connectivity index (χ1) is 11.6. The van der Waals surface area contributed by atoms with Crippen molar-refractivity contribution in [1.82, 2.24) is 25.1 Å². The number of carbonyl (C=O) groups is 2. The second-order valence-corrected chi connectivity index (χ2v) is 6.07. The molecule has 130 valence electrons. The summed E-state index contributed by atoms with van der Waals surface area (Å²) in [4.78, 5) is 37.4. The minimum atomic E-state index is -0.327. The number of carbonyl (C=O) groups excluding carboxylic acids is 2. The van der Waals surface area contributed by atoms with Gasteiger partial charge in [0.1, 0.15) is 6.10 Å². The summed E-state index contributed by atoms with van der Waals surface area (Å²) in [7, 11) is 3.75. The highest BCUT2D eigenvalue weighted by Crippen LogP contribution is 2.24. The minimum Gasteiger partial charge on any atom is -0.470 e. The molecule has 2 aliphatic rings. The lowest BCUT2D eigenvalue weighted by Gasteiger charge is -2.34. The number of aromatic nitrogens is 2. The largest absolute Gasteiger partial charge is 0.470 e. The molecule has 9 heteroatoms. The number of amides is 4. The van der Waals surface area contributed by atoms with E-state index in [1.165, 1.54) is 4.90 Å². The van der Waals surface area contributed by atoms with E-state index in [1.807, 2.05) is 19.0 Å². The Bertz CT molecular complexity index is 623. The molecule has 2 fully saturated rings. The van der Waals surface area contributed by atoms with E-state index < -0.39 is 0 Å². The van der Waals surface area contributed by atoms with Crippen molar-refractivity contribution >= 4 is 17.9 Å². The van der Waals surface area contributed by atoms with Gasteiger partial charge in [0.25, 0.3) is 5.88 Å². The van der Waals surface area contributed by atoms with Gasteiger partial charge in [0.15, 0.2) is 5.82 Å². The Morgan fingerprint density at radius 3 is 2.83 bits per heavy atom. The lowest BCUT2D eigenvalue weighted by Crippen LogP contribution is -2.51. The first kappa shape index (κ1) is 16.3. The van der Waals surface area contributed by atoms with Gasteiger partial charge < -0.3 is 19.9 Å². The first-order valence-corrected chi connectivity index (χ1v) is 8.05. The molecule has 1 N–H and O–H groups in total. The second kappa shape index (κ2) is 6.90. The van der Waals surface area contributed by atoms with E-state index >= 15 is 0 Å². The van der Waals surface area contributed by atoms with Crippen LogP contribution in [0.5, 0.6) is 5.88 Å². The summed E-state index contributed by atoms with van der Waals surface area (Å²) in [6.07, 6.45) is 4.69. The van der Waals surface area contributed by atoms with Crippen molar-refractivity contribution in [1.29, 1.82) is 0 Å². The molecule has 24 heavy (non-hydrogen) atoms. The van der Waals surface area contributed by atoms with Gasteiger partial charge in [-0.2, -0.15) is 0 Å². The molecule has 3 heterocycles. The maximum absolute atomic E-state index is 12.5. The topological polar surface area (TPSA) is 90.9 Å². The zero-order chi connectivity index (χ0) is 17.1. The Balaban J connectivity index is 1.66. The van der Waals surface area contributed by atoms with E-state index in [1.54, 1.807) is 17.3 Å². The van der Waals surface area contributed by atoms with Gasteiger partial charge >= 0.3 is 12.1 Å². The van der Waals surface area contributed by atoms with Gasteiger partial charge in [-0.3, -0.25) is 0 Å². The number of nitrogens with zero attached hydrogens (tertiary/aromatic N) is 5. The summed E-state index contributed by atoms with van der Waals surface area (Å²) in [6, 6.07) is -0.586. The molecule has 1 aromatic heterocycles. The predicted octanol–water partition coefficient (Wildman–Crippen LogP) is 0.531. The first-order valence-electron chi connectivity index (χ1n) is 8.05. The van der Waals surface area contributed by atoms with Crippen LogP contribution in [0.15, 0.2) is 12.4 Å². The van der Waals surface area contributed by atoms with Crippen LogP contribution in [-0.2, 0) is 0 Å². The average molecular weight is 334 g/mol. The van der Waals surface area contributed by atoms with Crippen LogP contribution < -0.4 is 15.0 Å². The number of ether oxygens (including phenoxy) is 1. The molecular formula is C15H22N6O3. The van der Waals surface area contributed by atoms with Gasteiger partial charge in [0.2, 0.25) is 0 Å². The summed E-state index contributed by atoms with van der Waals surface area (Å²) in [6.45, 7) is 1.98. The average Bonchev–Trinajstić information content (AvgIpc) is 3.01. The number of hydrogen-bond acceptors (Lipinski definition) is 6. The number of rotatable bonds is 3. The van der Waals surface area contributed by atoms with E-state index in [0.717, 1.165) is 12.8 Å². The number of nitrogens with one attached hydrogen (secondary N) is 1. The molecule has 1 aromatic rings. The molecular weight excluding hydrogens is 312 g/mol. The molecule has 0 unspecified atom stereocenters. The zero-order valence-corrected chi connectivity index (χ0v) is 13.9. The van der Waals surface area contributed by atoms with E-state index in [2.05, 4.69) is 15.3 Å². The number of likely N-dealkylation sites (tertiary alicyclic amines) is 1. The fourth-order valence-electron chi connectivity index (χ4n) is 2.90. The quantitative estimate of drug-likeness (QED) is 0.867. The monoisotopic (exact) mass is 334 g/mol. The molecule has 0 aliphatic carbocycles. The molecule has 1 atom stereocenters. The molecule has 3 rings (SSSR count). The second-order valence-electron chi connectivity index (χ2n) is 6.07. The number of piperidine rings is 1. The third kappa shape index (κ3) is 3.34. The van der Waals surface area contributed by atoms with Crippen LogP contribution in [-0.4, -0.2) is 78.2 Å². The summed E-state index contributed by atoms with van der Waals surface area (Å²) in [5, 5.41) is 2.65. The number of urea groups is 2. The number of imide groups is 1. The third-order valence-corrected chi connectivity index (χ3v) is 4.08. The molecule has 0 radical (unpaired) electrons. The molecule has 0 spiro atoms. The molecule has 0 saturated carbocycles. The Labute approximate surface area is 140 Å². The number of hydrogen-bond donors (Lipinski definition) is 1. The Morgan fingerprint density at radius 2 is 2.12 bits per heavy atom. The highest BCUT2D eigenvalue weighted by molar-refractivity contribution is 5.95. The Kier molecular flexibility index (Phi) is 4.68. The lowest BCUT2D eigenvalue weighted by atomic mass is 10.1. The molecule has 4 amide bonds. The normalized spacial score (nSPS) is 20.8. The molecule has 2 saturated heterocycles. The Hall–Kier alpha value is -2.58. The Morgan fingerprint density at radius 1 is 1.33 bits per heavy atom. The molecule has 9 nitrogen and oxygen atoms in total. The smallest absolute Gasteiger partial charge is 0.328 e. The van der Waals surface area contributed by atoms with Gasteiger partial charge in [-0.25, -0.2) is 24.5 Å². The molecule has 0 bridgehead atoms. The van der Waals surface area contributed by atoms with Gasteiger partial charge in [-0.15, -0.1) is 0 Å². The van der Waals surface area contributed by atoms with Crippen LogP contribution in [0.25, 0.3) is 0 Å². The van der Waals surface area contributed by atoms with Crippen molar-refractivity contribution in [2.45, 2.75) is 18.9 Å². The highest BCUT2D eigenvalue weighted by Gasteiger charge is 2.33. The van der Waals surface area contributed by atoms with Crippen molar-refractivity contribution in [3.63, 3.8) is 0 Å². The van der Waals surface area contributed by atoms with Crippen LogP contribution in [0.4, 0.5) is 15.4 Å². The summed E-state index contributed by atoms with van der Waals surface area (Å²) >= 11 is 0. The van der Waals surface area contributed by atoms with Crippen molar-refractivity contribution in [2.75, 3.05) is 45.2 Å². The van der Waals surface area contributed by atoms with Crippen LogP contribution >= 0.6 is 0 Å². The zero-order valence-electron chi connectivity index (χ0n) is 13.9. The predicted molar refractivity (Wildman–Crippen MR) is 87.1 cm³/mol. The molecule has 2 aliphatic heterocycles. The van der Waals surface area contributed by atoms with E-state index in [9.17, 15) is 9.59 Å². The van der Waals surface area contributed by atoms with Crippen molar-refractivity contribution in [2.24, 2.45) is 0 Å². The van der Waals surface area contributed by atoms with Gasteiger partial charge in [0, 0.05) is 46.1 Å². The van der Waals surface area contributed by atoms with Crippen LogP contribution in [0.1, 0.15) is 12.8 Å². The van der Waals surface area contributed by atoms with Crippen molar-refractivity contribution in [3.05, 3.63) is 12.4 Å². The molecule has 0 aromatic carbocycles. The fraction of sp³-hybridized carbons (Fsp3) is 0.600. The highest BCUT2D eigenvalue weighted by atomic mass is 16.5. The number of anilines is 1. The third-order valence-electron chi connectivity index (χ3n) is 4.08. The summed E-state index contributed by atoms with van der Waals surface area (Å²) < 4.78 is 5.99. The van der Waals surface area contributed by atoms with Crippen LogP contribution in [0, 0.1) is 0 Å². The van der Waals surface area contributed by atoms with Gasteiger partial charge in [-0.05, 0) is 12.8 Å². The standard InChI is InChI=1S/C15H22N6O3/c1-19(2)12-13(17-6-5-16-12)24-11-4-3-8-20(10-11)15(23)21-9-7-18-14(21)22/h5-6,11H,3-4,7-10H2,1-2H3,(H,18,22)/t11-/m1/s1. The van der Waals surface area contributed by atoms with E-state index in [-0.39, 0.29) is 18.2 Å². The maximum atomic E-state index is 12.5. The SMILES string of the molecule is CN(C)c1nccnc1O[C@@H]1CCCN(C(=O)N2CCNC2=O)C1. The van der Waals surface area contributed by atoms with Gasteiger partial charge in [-0.1, -0.05) is 0 Å². The maximum Gasteiger partial charge on any atom is 0.328 e. The minimum absolute atomic E-state index is 0.163. The van der Waals surface area contributed by atoms with Crippen molar-refractivity contribution in [3.8, 4) is 5.88 Å². The fourth-order valence-corrected chi connectivity index (χ4v) is 2.90. The van der Waals surface area contributed by atoms with Crippen LogP contribution in [0.2, 0.25) is 0 Å². The summed E-state index contributed by atoms with van der Waals surface area (Å²) in [5.41, 5.74) is 0. The van der Waals surface area contributed by atoms with E-state index in [4.69, 9.17) is 4.74 Å². The lowest BCUT2D eigenvalue weighted by molar-refractivity contribution is 0.0883.